The highest BCUT2D eigenvalue weighted by atomic mass is 16.5. The molecule has 0 saturated carbocycles. The summed E-state index contributed by atoms with van der Waals surface area (Å²) < 4.78 is 5.57. The number of ether oxygens (including phenoxy) is 1. The first-order valence-electron chi connectivity index (χ1n) is 6.44. The van der Waals surface area contributed by atoms with Crippen molar-refractivity contribution >= 4 is 5.69 Å². The van der Waals surface area contributed by atoms with Crippen molar-refractivity contribution in [1.29, 1.82) is 0 Å². The summed E-state index contributed by atoms with van der Waals surface area (Å²) in [5.74, 6) is 0. The number of rotatable bonds is 3. The number of nitrogens with zero attached hydrogens (tertiary/aromatic N) is 1. The average molecular weight is 250 g/mol. The number of nitrogens with two attached hydrogens (primary N) is 1. The first-order chi connectivity index (χ1) is 8.65. The monoisotopic (exact) mass is 250 g/mol. The van der Waals surface area contributed by atoms with Gasteiger partial charge in [0.05, 0.1) is 19.3 Å². The van der Waals surface area contributed by atoms with Gasteiger partial charge in [-0.1, -0.05) is 12.1 Å². The number of hydrogen-bond donors (Lipinski definition) is 2. The Morgan fingerprint density at radius 3 is 2.94 bits per heavy atom. The topological polar surface area (TPSA) is 58.7 Å². The maximum Gasteiger partial charge on any atom is 0.0981 e. The number of hydrogen-bond acceptors (Lipinski definition) is 4. The Labute approximate surface area is 108 Å². The standard InChI is InChI=1S/C14H22N2O2/c1-10-3-4-12(6-15)14(5-10)16-7-13(8-17)18-9-11(16)2/h3-5,11,13,17H,6-9,15H2,1-2H3. The Morgan fingerprint density at radius 2 is 2.28 bits per heavy atom. The number of aliphatic hydroxyl groups is 1. The third-order valence-corrected chi connectivity index (χ3v) is 3.48. The van der Waals surface area contributed by atoms with Gasteiger partial charge in [-0.3, -0.25) is 0 Å². The normalized spacial score (nSPS) is 24.3. The maximum absolute atomic E-state index is 9.25. The van der Waals surface area contributed by atoms with E-state index < -0.39 is 0 Å². The van der Waals surface area contributed by atoms with Crippen molar-refractivity contribution in [3.63, 3.8) is 0 Å². The predicted octanol–water partition coefficient (Wildman–Crippen LogP) is 1.04. The van der Waals surface area contributed by atoms with Gasteiger partial charge in [-0.15, -0.1) is 0 Å². The van der Waals surface area contributed by atoms with Crippen LogP contribution in [-0.4, -0.2) is 37.0 Å². The van der Waals surface area contributed by atoms with Crippen molar-refractivity contribution in [3.8, 4) is 0 Å². The molecule has 0 spiro atoms. The SMILES string of the molecule is Cc1ccc(CN)c(N2CC(CO)OCC2C)c1. The van der Waals surface area contributed by atoms with E-state index in [0.29, 0.717) is 25.7 Å². The molecule has 1 aromatic rings. The molecule has 1 aromatic carbocycles. The van der Waals surface area contributed by atoms with Crippen LogP contribution >= 0.6 is 0 Å². The molecule has 3 N–H and O–H groups in total. The summed E-state index contributed by atoms with van der Waals surface area (Å²) in [6.45, 7) is 6.17. The Kier molecular flexibility index (Phi) is 4.22. The van der Waals surface area contributed by atoms with E-state index in [1.165, 1.54) is 11.3 Å². The van der Waals surface area contributed by atoms with E-state index in [9.17, 15) is 5.11 Å². The van der Waals surface area contributed by atoms with Gasteiger partial charge in [0.1, 0.15) is 0 Å². The molecule has 4 heteroatoms. The number of anilines is 1. The molecule has 1 fully saturated rings. The molecule has 2 rings (SSSR count). The van der Waals surface area contributed by atoms with Crippen LogP contribution in [0.1, 0.15) is 18.1 Å². The highest BCUT2D eigenvalue weighted by molar-refractivity contribution is 5.56. The van der Waals surface area contributed by atoms with Crippen molar-refractivity contribution < 1.29 is 9.84 Å². The Hall–Kier alpha value is -1.10. The van der Waals surface area contributed by atoms with Gasteiger partial charge in [0.25, 0.3) is 0 Å². The highest BCUT2D eigenvalue weighted by Gasteiger charge is 2.26. The van der Waals surface area contributed by atoms with Gasteiger partial charge in [0.15, 0.2) is 0 Å². The van der Waals surface area contributed by atoms with Crippen LogP contribution < -0.4 is 10.6 Å². The quantitative estimate of drug-likeness (QED) is 0.841. The second-order valence-electron chi connectivity index (χ2n) is 4.98. The van der Waals surface area contributed by atoms with Gasteiger partial charge in [-0.05, 0) is 31.0 Å². The molecule has 0 radical (unpaired) electrons. The zero-order chi connectivity index (χ0) is 13.1. The van der Waals surface area contributed by atoms with Crippen LogP contribution in [0.2, 0.25) is 0 Å². The summed E-state index contributed by atoms with van der Waals surface area (Å²) >= 11 is 0. The van der Waals surface area contributed by atoms with Gasteiger partial charge in [-0.25, -0.2) is 0 Å². The molecular formula is C14H22N2O2. The minimum atomic E-state index is -0.104. The van der Waals surface area contributed by atoms with Crippen molar-refractivity contribution in [1.82, 2.24) is 0 Å². The summed E-state index contributed by atoms with van der Waals surface area (Å²) in [6, 6.07) is 6.64. The number of aliphatic hydroxyl groups excluding tert-OH is 1. The van der Waals surface area contributed by atoms with Crippen LogP contribution in [0, 0.1) is 6.92 Å². The molecule has 0 amide bonds. The fraction of sp³-hybridized carbons (Fsp3) is 0.571. The predicted molar refractivity (Wildman–Crippen MR) is 72.7 cm³/mol. The van der Waals surface area contributed by atoms with E-state index in [4.69, 9.17) is 10.5 Å². The van der Waals surface area contributed by atoms with Gasteiger partial charge in [0, 0.05) is 24.8 Å². The average Bonchev–Trinajstić information content (AvgIpc) is 2.39. The molecule has 1 heterocycles. The lowest BCUT2D eigenvalue weighted by atomic mass is 10.1. The molecule has 1 aliphatic heterocycles. The molecule has 1 saturated heterocycles. The second kappa shape index (κ2) is 5.69. The zero-order valence-electron chi connectivity index (χ0n) is 11.1. The molecule has 2 atom stereocenters. The second-order valence-corrected chi connectivity index (χ2v) is 4.98. The molecule has 0 aromatic heterocycles. The Bertz CT molecular complexity index is 409. The summed E-state index contributed by atoms with van der Waals surface area (Å²) in [5.41, 5.74) is 9.35. The van der Waals surface area contributed by atoms with Gasteiger partial charge < -0.3 is 20.5 Å². The van der Waals surface area contributed by atoms with Crippen molar-refractivity contribution in [2.45, 2.75) is 32.5 Å². The molecule has 1 aliphatic rings. The highest BCUT2D eigenvalue weighted by Crippen LogP contribution is 2.26. The molecule has 100 valence electrons. The first-order valence-corrected chi connectivity index (χ1v) is 6.44. The number of benzene rings is 1. The van der Waals surface area contributed by atoms with Gasteiger partial charge in [-0.2, -0.15) is 0 Å². The lowest BCUT2D eigenvalue weighted by Gasteiger charge is -2.40. The molecule has 18 heavy (non-hydrogen) atoms. The van der Waals surface area contributed by atoms with Crippen LogP contribution in [-0.2, 0) is 11.3 Å². The third-order valence-electron chi connectivity index (χ3n) is 3.48. The van der Waals surface area contributed by atoms with E-state index in [0.717, 1.165) is 5.56 Å². The van der Waals surface area contributed by atoms with Crippen molar-refractivity contribution in [2.24, 2.45) is 5.73 Å². The Morgan fingerprint density at radius 1 is 1.50 bits per heavy atom. The van der Waals surface area contributed by atoms with Gasteiger partial charge >= 0.3 is 0 Å². The molecule has 0 bridgehead atoms. The molecule has 0 aliphatic carbocycles. The van der Waals surface area contributed by atoms with Crippen LogP contribution in [0.3, 0.4) is 0 Å². The summed E-state index contributed by atoms with van der Waals surface area (Å²) in [5, 5.41) is 9.25. The van der Waals surface area contributed by atoms with E-state index in [1.807, 2.05) is 0 Å². The fourth-order valence-electron chi connectivity index (χ4n) is 2.38. The first kappa shape index (κ1) is 13.3. The van der Waals surface area contributed by atoms with Crippen molar-refractivity contribution in [2.75, 3.05) is 24.7 Å². The summed E-state index contributed by atoms with van der Waals surface area (Å²) in [4.78, 5) is 2.29. The van der Waals surface area contributed by atoms with Crippen LogP contribution in [0.4, 0.5) is 5.69 Å². The molecular weight excluding hydrogens is 228 g/mol. The van der Waals surface area contributed by atoms with Crippen molar-refractivity contribution in [3.05, 3.63) is 29.3 Å². The smallest absolute Gasteiger partial charge is 0.0981 e. The van der Waals surface area contributed by atoms with E-state index in [1.54, 1.807) is 0 Å². The van der Waals surface area contributed by atoms with E-state index in [2.05, 4.69) is 36.9 Å². The summed E-state index contributed by atoms with van der Waals surface area (Å²) in [6.07, 6.45) is -0.104. The van der Waals surface area contributed by atoms with E-state index >= 15 is 0 Å². The summed E-state index contributed by atoms with van der Waals surface area (Å²) in [7, 11) is 0. The number of morpholine rings is 1. The van der Waals surface area contributed by atoms with Crippen LogP contribution in [0.25, 0.3) is 0 Å². The lowest BCUT2D eigenvalue weighted by molar-refractivity contribution is -0.0103. The lowest BCUT2D eigenvalue weighted by Crippen LogP contribution is -2.50. The van der Waals surface area contributed by atoms with Gasteiger partial charge in [0.2, 0.25) is 0 Å². The molecule has 2 unspecified atom stereocenters. The minimum absolute atomic E-state index is 0.0625. The van der Waals surface area contributed by atoms with Crippen LogP contribution in [0.5, 0.6) is 0 Å². The zero-order valence-corrected chi connectivity index (χ0v) is 11.1. The Balaban J connectivity index is 2.30. The maximum atomic E-state index is 9.25. The minimum Gasteiger partial charge on any atom is -0.394 e. The number of aryl methyl sites for hydroxylation is 1. The molecule has 4 nitrogen and oxygen atoms in total. The third kappa shape index (κ3) is 2.66. The fourth-order valence-corrected chi connectivity index (χ4v) is 2.38. The largest absolute Gasteiger partial charge is 0.394 e. The van der Waals surface area contributed by atoms with Crippen LogP contribution in [0.15, 0.2) is 18.2 Å². The van der Waals surface area contributed by atoms with E-state index in [-0.39, 0.29) is 12.7 Å².